The molecule has 0 aliphatic rings. The fourth-order valence-corrected chi connectivity index (χ4v) is 4.00. The van der Waals surface area contributed by atoms with Gasteiger partial charge in [0.05, 0.1) is 16.9 Å². The van der Waals surface area contributed by atoms with Gasteiger partial charge in [0, 0.05) is 36.2 Å². The van der Waals surface area contributed by atoms with Crippen LogP contribution < -0.4 is 10.3 Å². The average Bonchev–Trinajstić information content (AvgIpc) is 2.71. The number of rotatable bonds is 6. The zero-order chi connectivity index (χ0) is 23.7. The number of nitrogens with zero attached hydrogens (tertiary/aromatic N) is 1. The molecule has 3 aromatic rings. The third-order valence-corrected chi connectivity index (χ3v) is 5.91. The molecule has 2 N–H and O–H groups in total. The number of alkyl halides is 3. The van der Waals surface area contributed by atoms with Gasteiger partial charge in [0.25, 0.3) is 15.9 Å². The Labute approximate surface area is 179 Å². The van der Waals surface area contributed by atoms with E-state index in [0.29, 0.717) is 0 Å². The highest BCUT2D eigenvalue weighted by molar-refractivity contribution is 7.92. The molecule has 3 rings (SSSR count). The first kappa shape index (κ1) is 23.3. The van der Waals surface area contributed by atoms with Gasteiger partial charge >= 0.3 is 6.18 Å². The number of H-pyrrole nitrogens is 1. The summed E-state index contributed by atoms with van der Waals surface area (Å²) in [6.45, 7) is -0.638. The van der Waals surface area contributed by atoms with Crippen LogP contribution in [-0.4, -0.2) is 44.0 Å². The molecule has 0 bridgehead atoms. The third kappa shape index (κ3) is 5.44. The number of fused-ring (bicyclic) bond motifs is 1. The lowest BCUT2D eigenvalue weighted by Gasteiger charge is -2.19. The number of sulfonamides is 1. The smallest absolute Gasteiger partial charge is 0.341 e. The Balaban J connectivity index is 2.00. The van der Waals surface area contributed by atoms with Crippen molar-refractivity contribution >= 4 is 32.5 Å². The molecule has 0 unspecified atom stereocenters. The standard InChI is InChI=1S/C20H17F4N3O4S/c1-27(9-8-20(22,23)24)19(29)16-11-18(28)25-17-7-6-14(10-15(16)17)32(30,31)26-13-4-2-12(21)3-5-13/h2-7,10-11,26H,8-9H2,1H3,(H,25,28). The van der Waals surface area contributed by atoms with Crippen LogP contribution >= 0.6 is 0 Å². The number of amides is 1. The fourth-order valence-electron chi connectivity index (χ4n) is 2.91. The number of carbonyl (C=O) groups excluding carboxylic acids is 1. The highest BCUT2D eigenvalue weighted by atomic mass is 32.2. The molecule has 0 saturated heterocycles. The lowest BCUT2D eigenvalue weighted by Crippen LogP contribution is -2.31. The maximum absolute atomic E-state index is 13.1. The molecular weight excluding hydrogens is 454 g/mol. The van der Waals surface area contributed by atoms with Crippen LogP contribution in [0.3, 0.4) is 0 Å². The van der Waals surface area contributed by atoms with E-state index in [4.69, 9.17) is 0 Å². The summed E-state index contributed by atoms with van der Waals surface area (Å²) in [6, 6.07) is 9.05. The summed E-state index contributed by atoms with van der Waals surface area (Å²) in [5.74, 6) is -1.42. The number of carbonyl (C=O) groups is 1. The van der Waals surface area contributed by atoms with E-state index in [-0.39, 0.29) is 27.0 Å². The van der Waals surface area contributed by atoms with Gasteiger partial charge in [0.15, 0.2) is 0 Å². The van der Waals surface area contributed by atoms with Crippen LogP contribution in [0.25, 0.3) is 10.9 Å². The Morgan fingerprint density at radius 2 is 1.75 bits per heavy atom. The van der Waals surface area contributed by atoms with Crippen molar-refractivity contribution in [3.05, 3.63) is 70.3 Å². The third-order valence-electron chi connectivity index (χ3n) is 4.53. The maximum Gasteiger partial charge on any atom is 0.390 e. The molecule has 0 aliphatic carbocycles. The number of aromatic amines is 1. The Bertz CT molecular complexity index is 1320. The van der Waals surface area contributed by atoms with Crippen LogP contribution in [0.4, 0.5) is 23.2 Å². The molecule has 12 heteroatoms. The second kappa shape index (κ2) is 8.61. The number of hydrogen-bond acceptors (Lipinski definition) is 4. The molecule has 1 heterocycles. The van der Waals surface area contributed by atoms with Crippen LogP contribution in [0.2, 0.25) is 0 Å². The Kier molecular flexibility index (Phi) is 6.26. The van der Waals surface area contributed by atoms with Crippen molar-refractivity contribution in [1.29, 1.82) is 0 Å². The second-order valence-corrected chi connectivity index (χ2v) is 8.64. The monoisotopic (exact) mass is 471 g/mol. The van der Waals surface area contributed by atoms with Gasteiger partial charge < -0.3 is 9.88 Å². The molecule has 170 valence electrons. The number of aromatic nitrogens is 1. The number of pyridine rings is 1. The Hall–Kier alpha value is -3.41. The molecular formula is C20H17F4N3O4S. The number of hydrogen-bond donors (Lipinski definition) is 2. The summed E-state index contributed by atoms with van der Waals surface area (Å²) < 4.78 is 78.3. The van der Waals surface area contributed by atoms with Crippen LogP contribution in [0, 0.1) is 5.82 Å². The minimum atomic E-state index is -4.47. The summed E-state index contributed by atoms with van der Waals surface area (Å²) in [7, 11) is -3.01. The molecule has 32 heavy (non-hydrogen) atoms. The summed E-state index contributed by atoms with van der Waals surface area (Å²) in [5.41, 5.74) is -0.695. The van der Waals surface area contributed by atoms with E-state index in [0.717, 1.165) is 36.2 Å². The normalized spacial score (nSPS) is 12.0. The molecule has 0 fully saturated rings. The lowest BCUT2D eigenvalue weighted by molar-refractivity contribution is -0.136. The molecule has 0 aliphatic heterocycles. The lowest BCUT2D eigenvalue weighted by atomic mass is 10.1. The van der Waals surface area contributed by atoms with Crippen LogP contribution in [0.15, 0.2) is 58.2 Å². The van der Waals surface area contributed by atoms with Crippen molar-refractivity contribution in [3.8, 4) is 0 Å². The van der Waals surface area contributed by atoms with Crippen molar-refractivity contribution in [2.75, 3.05) is 18.3 Å². The summed E-state index contributed by atoms with van der Waals surface area (Å²) in [6.07, 6.45) is -5.71. The van der Waals surface area contributed by atoms with Gasteiger partial charge in [-0.1, -0.05) is 0 Å². The van der Waals surface area contributed by atoms with Gasteiger partial charge in [-0.25, -0.2) is 12.8 Å². The van der Waals surface area contributed by atoms with Gasteiger partial charge in [-0.15, -0.1) is 0 Å². The van der Waals surface area contributed by atoms with E-state index in [9.17, 15) is 35.6 Å². The predicted octanol–water partition coefficient (Wildman–Crippen LogP) is 3.49. The summed E-state index contributed by atoms with van der Waals surface area (Å²) in [4.78, 5) is 27.6. The minimum absolute atomic E-state index is 0.0374. The van der Waals surface area contributed by atoms with E-state index in [1.54, 1.807) is 0 Å². The van der Waals surface area contributed by atoms with Crippen LogP contribution in [0.1, 0.15) is 16.8 Å². The van der Waals surface area contributed by atoms with E-state index in [2.05, 4.69) is 9.71 Å². The first-order valence-corrected chi connectivity index (χ1v) is 10.6. The molecule has 7 nitrogen and oxygen atoms in total. The quantitative estimate of drug-likeness (QED) is 0.538. The number of nitrogens with one attached hydrogen (secondary N) is 2. The zero-order valence-electron chi connectivity index (χ0n) is 16.5. The largest absolute Gasteiger partial charge is 0.390 e. The van der Waals surface area contributed by atoms with E-state index in [1.807, 2.05) is 0 Å². The first-order valence-electron chi connectivity index (χ1n) is 9.13. The predicted molar refractivity (Wildman–Crippen MR) is 109 cm³/mol. The van der Waals surface area contributed by atoms with E-state index >= 15 is 0 Å². The Morgan fingerprint density at radius 1 is 1.09 bits per heavy atom. The highest BCUT2D eigenvalue weighted by Gasteiger charge is 2.29. The molecule has 2 aromatic carbocycles. The van der Waals surface area contributed by atoms with E-state index in [1.165, 1.54) is 24.3 Å². The summed E-state index contributed by atoms with van der Waals surface area (Å²) >= 11 is 0. The van der Waals surface area contributed by atoms with Crippen LogP contribution in [-0.2, 0) is 10.0 Å². The fraction of sp³-hybridized carbons (Fsp3) is 0.200. The minimum Gasteiger partial charge on any atom is -0.341 e. The van der Waals surface area contributed by atoms with Gasteiger partial charge in [0.1, 0.15) is 5.82 Å². The number of anilines is 1. The summed E-state index contributed by atoms with van der Waals surface area (Å²) in [5, 5.41) is 0.0374. The van der Waals surface area contributed by atoms with Gasteiger partial charge in [-0.2, -0.15) is 13.2 Å². The van der Waals surface area contributed by atoms with Gasteiger partial charge in [-0.3, -0.25) is 14.3 Å². The SMILES string of the molecule is CN(CCC(F)(F)F)C(=O)c1cc(=O)[nH]c2ccc(S(=O)(=O)Nc3ccc(F)cc3)cc12. The van der Waals surface area contributed by atoms with Crippen molar-refractivity contribution < 1.29 is 30.8 Å². The van der Waals surface area contributed by atoms with Gasteiger partial charge in [0.2, 0.25) is 5.56 Å². The highest BCUT2D eigenvalue weighted by Crippen LogP contribution is 2.24. The molecule has 0 atom stereocenters. The van der Waals surface area contributed by atoms with Crippen molar-refractivity contribution in [1.82, 2.24) is 9.88 Å². The molecule has 1 aromatic heterocycles. The average molecular weight is 471 g/mol. The van der Waals surface area contributed by atoms with Crippen molar-refractivity contribution in [2.45, 2.75) is 17.5 Å². The van der Waals surface area contributed by atoms with E-state index < -0.39 is 46.4 Å². The van der Waals surface area contributed by atoms with Crippen molar-refractivity contribution in [2.24, 2.45) is 0 Å². The van der Waals surface area contributed by atoms with Crippen molar-refractivity contribution in [3.63, 3.8) is 0 Å². The Morgan fingerprint density at radius 3 is 2.38 bits per heavy atom. The zero-order valence-corrected chi connectivity index (χ0v) is 17.3. The molecule has 1 amide bonds. The topological polar surface area (TPSA) is 99.3 Å². The first-order chi connectivity index (χ1) is 14.9. The molecule has 0 radical (unpaired) electrons. The molecule has 0 saturated carbocycles. The second-order valence-electron chi connectivity index (χ2n) is 6.96. The number of benzene rings is 2. The van der Waals surface area contributed by atoms with Gasteiger partial charge in [-0.05, 0) is 42.5 Å². The maximum atomic E-state index is 13.1. The van der Waals surface area contributed by atoms with Crippen LogP contribution in [0.5, 0.6) is 0 Å². The molecule has 0 spiro atoms. The number of halogens is 4.